The Balaban J connectivity index is 2.80. The van der Waals surface area contributed by atoms with Gasteiger partial charge in [0.2, 0.25) is 0 Å². The number of hydrogen-bond acceptors (Lipinski definition) is 5. The summed E-state index contributed by atoms with van der Waals surface area (Å²) in [6.45, 7) is 2.25. The van der Waals surface area contributed by atoms with Gasteiger partial charge in [-0.15, -0.1) is 0 Å². The third kappa shape index (κ3) is 2.22. The van der Waals surface area contributed by atoms with Crippen LogP contribution in [0.25, 0.3) is 10.9 Å². The fraction of sp³-hybridized carbons (Fsp3) is 0.182. The molecule has 0 radical (unpaired) electrons. The van der Waals surface area contributed by atoms with Crippen molar-refractivity contribution in [2.45, 2.75) is 11.8 Å². The molecule has 0 saturated carbocycles. The molecule has 1 heterocycles. The van der Waals surface area contributed by atoms with Gasteiger partial charge in [0.25, 0.3) is 0 Å². The summed E-state index contributed by atoms with van der Waals surface area (Å²) < 4.78 is 38.6. The van der Waals surface area contributed by atoms with Crippen LogP contribution in [0.4, 0.5) is 0 Å². The van der Waals surface area contributed by atoms with Gasteiger partial charge in [0, 0.05) is 11.6 Å². The lowest BCUT2D eigenvalue weighted by Gasteiger charge is -2.12. The molecule has 2 aromatic rings. The van der Waals surface area contributed by atoms with Crippen LogP contribution in [0.1, 0.15) is 6.92 Å². The van der Waals surface area contributed by atoms with Crippen molar-refractivity contribution < 1.29 is 17.7 Å². The van der Waals surface area contributed by atoms with Crippen LogP contribution in [0.5, 0.6) is 5.75 Å². The van der Waals surface area contributed by atoms with Gasteiger partial charge in [-0.1, -0.05) is 0 Å². The minimum Gasteiger partial charge on any atom is -0.744 e. The largest absolute Gasteiger partial charge is 0.744 e. The van der Waals surface area contributed by atoms with Crippen molar-refractivity contribution >= 4 is 21.0 Å². The zero-order valence-electron chi connectivity index (χ0n) is 9.08. The van der Waals surface area contributed by atoms with Gasteiger partial charge in [0.15, 0.2) is 0 Å². The summed E-state index contributed by atoms with van der Waals surface area (Å²) in [5.41, 5.74) is 0.381. The van der Waals surface area contributed by atoms with E-state index in [0.717, 1.165) is 0 Å². The summed E-state index contributed by atoms with van der Waals surface area (Å²) >= 11 is 0. The van der Waals surface area contributed by atoms with E-state index in [1.165, 1.54) is 24.4 Å². The number of nitrogens with zero attached hydrogens (tertiary/aromatic N) is 1. The fourth-order valence-corrected chi connectivity index (χ4v) is 2.28. The Kier molecular flexibility index (Phi) is 2.99. The van der Waals surface area contributed by atoms with Gasteiger partial charge in [-0.2, -0.15) is 0 Å². The van der Waals surface area contributed by atoms with E-state index >= 15 is 0 Å². The van der Waals surface area contributed by atoms with Crippen LogP contribution in [0.15, 0.2) is 35.4 Å². The molecule has 6 heteroatoms. The van der Waals surface area contributed by atoms with Crippen molar-refractivity contribution in [3.8, 4) is 5.75 Å². The molecule has 5 nitrogen and oxygen atoms in total. The fourth-order valence-electron chi connectivity index (χ4n) is 1.61. The van der Waals surface area contributed by atoms with Crippen LogP contribution in [0.2, 0.25) is 0 Å². The highest BCUT2D eigenvalue weighted by molar-refractivity contribution is 7.86. The first-order valence-corrected chi connectivity index (χ1v) is 6.41. The zero-order chi connectivity index (χ0) is 12.5. The van der Waals surface area contributed by atoms with Gasteiger partial charge in [-0.3, -0.25) is 4.98 Å². The third-order valence-corrected chi connectivity index (χ3v) is 3.16. The van der Waals surface area contributed by atoms with E-state index in [9.17, 15) is 13.0 Å². The number of rotatable bonds is 3. The van der Waals surface area contributed by atoms with Crippen molar-refractivity contribution in [2.24, 2.45) is 0 Å². The van der Waals surface area contributed by atoms with Crippen molar-refractivity contribution in [3.63, 3.8) is 0 Å². The standard InChI is InChI=1S/C11H11NO4S/c1-2-16-9-5-6-10(17(13,14)15)8-4-3-7-12-11(8)9/h3-7H,2H2,1H3,(H,13,14,15)/p-1. The maximum absolute atomic E-state index is 11.1. The Hall–Kier alpha value is -1.66. The van der Waals surface area contributed by atoms with Crippen molar-refractivity contribution in [1.29, 1.82) is 0 Å². The summed E-state index contributed by atoms with van der Waals surface area (Å²) in [5, 5.41) is 0.286. The van der Waals surface area contributed by atoms with Crippen LogP contribution < -0.4 is 4.74 Å². The molecule has 0 N–H and O–H groups in total. The molecule has 0 aliphatic rings. The topological polar surface area (TPSA) is 79.3 Å². The minimum absolute atomic E-state index is 0.274. The molecular formula is C11H10NO4S-. The Labute approximate surface area is 98.8 Å². The van der Waals surface area contributed by atoms with Gasteiger partial charge < -0.3 is 9.29 Å². The second-order valence-corrected chi connectivity index (χ2v) is 4.70. The normalized spacial score (nSPS) is 11.6. The summed E-state index contributed by atoms with van der Waals surface area (Å²) in [6, 6.07) is 5.81. The highest BCUT2D eigenvalue weighted by atomic mass is 32.2. The first-order valence-electron chi connectivity index (χ1n) is 5.00. The lowest BCUT2D eigenvalue weighted by Crippen LogP contribution is -2.01. The van der Waals surface area contributed by atoms with E-state index in [1.54, 1.807) is 6.07 Å². The highest BCUT2D eigenvalue weighted by Gasteiger charge is 2.11. The Morgan fingerprint density at radius 2 is 2.12 bits per heavy atom. The van der Waals surface area contributed by atoms with Crippen LogP contribution >= 0.6 is 0 Å². The summed E-state index contributed by atoms with van der Waals surface area (Å²) in [6.07, 6.45) is 1.52. The van der Waals surface area contributed by atoms with Gasteiger partial charge in [-0.05, 0) is 31.2 Å². The predicted octanol–water partition coefficient (Wildman–Crippen LogP) is 1.54. The molecule has 0 atom stereocenters. The van der Waals surface area contributed by atoms with Gasteiger partial charge in [0.05, 0.1) is 11.5 Å². The number of hydrogen-bond donors (Lipinski definition) is 0. The number of aromatic nitrogens is 1. The van der Waals surface area contributed by atoms with E-state index in [-0.39, 0.29) is 10.3 Å². The lowest BCUT2D eigenvalue weighted by molar-refractivity contribution is 0.343. The molecule has 1 aromatic heterocycles. The van der Waals surface area contributed by atoms with Gasteiger partial charge >= 0.3 is 0 Å². The first-order chi connectivity index (χ1) is 8.04. The lowest BCUT2D eigenvalue weighted by atomic mass is 10.2. The summed E-state index contributed by atoms with van der Waals surface area (Å²) in [7, 11) is -4.51. The molecule has 0 fully saturated rings. The average molecular weight is 252 g/mol. The second-order valence-electron chi connectivity index (χ2n) is 3.35. The quantitative estimate of drug-likeness (QED) is 0.774. The maximum atomic E-state index is 11.1. The van der Waals surface area contributed by atoms with E-state index in [4.69, 9.17) is 4.74 Å². The Morgan fingerprint density at radius 1 is 1.35 bits per heavy atom. The van der Waals surface area contributed by atoms with Crippen LogP contribution in [-0.2, 0) is 10.1 Å². The molecule has 0 amide bonds. The molecule has 0 aliphatic heterocycles. The second kappa shape index (κ2) is 4.31. The minimum atomic E-state index is -4.51. The van der Waals surface area contributed by atoms with Crippen molar-refractivity contribution in [1.82, 2.24) is 4.98 Å². The van der Waals surface area contributed by atoms with Crippen LogP contribution in [0, 0.1) is 0 Å². The number of pyridine rings is 1. The van der Waals surface area contributed by atoms with E-state index in [2.05, 4.69) is 4.98 Å². The average Bonchev–Trinajstić information content (AvgIpc) is 2.28. The van der Waals surface area contributed by atoms with E-state index in [0.29, 0.717) is 17.9 Å². The van der Waals surface area contributed by atoms with Crippen LogP contribution in [0.3, 0.4) is 0 Å². The van der Waals surface area contributed by atoms with Crippen molar-refractivity contribution in [2.75, 3.05) is 6.61 Å². The number of benzene rings is 1. The molecule has 90 valence electrons. The SMILES string of the molecule is CCOc1ccc(S(=O)(=O)[O-])c2cccnc12. The smallest absolute Gasteiger partial charge is 0.145 e. The molecular weight excluding hydrogens is 242 g/mol. The molecule has 0 aliphatic carbocycles. The molecule has 1 aromatic carbocycles. The third-order valence-electron chi connectivity index (χ3n) is 2.26. The number of ether oxygens (including phenoxy) is 1. The Morgan fingerprint density at radius 3 is 2.76 bits per heavy atom. The zero-order valence-corrected chi connectivity index (χ0v) is 9.90. The molecule has 2 rings (SSSR count). The summed E-state index contributed by atoms with van der Waals surface area (Å²) in [5.74, 6) is 0.468. The monoisotopic (exact) mass is 252 g/mol. The van der Waals surface area contributed by atoms with E-state index in [1.807, 2.05) is 6.92 Å². The van der Waals surface area contributed by atoms with Gasteiger partial charge in [-0.25, -0.2) is 8.42 Å². The summed E-state index contributed by atoms with van der Waals surface area (Å²) in [4.78, 5) is 3.77. The molecule has 17 heavy (non-hydrogen) atoms. The predicted molar refractivity (Wildman–Crippen MR) is 60.9 cm³/mol. The van der Waals surface area contributed by atoms with Crippen LogP contribution in [-0.4, -0.2) is 24.6 Å². The molecule has 0 spiro atoms. The highest BCUT2D eigenvalue weighted by Crippen LogP contribution is 2.29. The van der Waals surface area contributed by atoms with Gasteiger partial charge in [0.1, 0.15) is 21.4 Å². The van der Waals surface area contributed by atoms with Crippen molar-refractivity contribution in [3.05, 3.63) is 30.5 Å². The Bertz CT molecular complexity index is 652. The molecule has 0 unspecified atom stereocenters. The molecule has 0 saturated heterocycles. The molecule has 0 bridgehead atoms. The maximum Gasteiger partial charge on any atom is 0.145 e. The first kappa shape index (κ1) is 11.8. The number of fused-ring (bicyclic) bond motifs is 1. The van der Waals surface area contributed by atoms with E-state index < -0.39 is 10.1 Å².